The lowest BCUT2D eigenvalue weighted by Gasteiger charge is -2.33. The number of benzene rings is 2. The van der Waals surface area contributed by atoms with Gasteiger partial charge in [0.2, 0.25) is 0 Å². The fourth-order valence-corrected chi connectivity index (χ4v) is 3.99. The predicted molar refractivity (Wildman–Crippen MR) is 118 cm³/mol. The van der Waals surface area contributed by atoms with Gasteiger partial charge in [-0.05, 0) is 36.8 Å². The number of rotatable bonds is 5. The molecule has 6 nitrogen and oxygen atoms in total. The van der Waals surface area contributed by atoms with Crippen LogP contribution in [0, 0.1) is 17.3 Å². The van der Waals surface area contributed by atoms with Crippen LogP contribution < -0.4 is 9.47 Å². The first-order chi connectivity index (χ1) is 14.9. The van der Waals surface area contributed by atoms with E-state index in [1.807, 2.05) is 55.5 Å². The Kier molecular flexibility index (Phi) is 7.09. The van der Waals surface area contributed by atoms with Gasteiger partial charge in [-0.3, -0.25) is 0 Å². The summed E-state index contributed by atoms with van der Waals surface area (Å²) in [5.74, 6) is 7.18. The quantitative estimate of drug-likeness (QED) is 0.743. The Labute approximate surface area is 183 Å². The smallest absolute Gasteiger partial charge is 0.409 e. The molecule has 164 valence electrons. The first-order valence-electron chi connectivity index (χ1n) is 10.2. The van der Waals surface area contributed by atoms with Gasteiger partial charge < -0.3 is 24.2 Å². The summed E-state index contributed by atoms with van der Waals surface area (Å²) in [6.07, 6.45) is -1.01. The number of nitrogens with zero attached hydrogens (tertiary/aromatic N) is 1. The van der Waals surface area contributed by atoms with Crippen LogP contribution in [0.3, 0.4) is 0 Å². The molecule has 3 atom stereocenters. The molecule has 0 unspecified atom stereocenters. The SMILES string of the molecule is COC(=O)N1C[C@H](c2ccc(OC)c(OCC#Cc3ccccc3)c2)[C@@](C)([C@@H](C)O)C1. The molecule has 1 fully saturated rings. The maximum Gasteiger partial charge on any atom is 0.409 e. The highest BCUT2D eigenvalue weighted by Gasteiger charge is 2.48. The van der Waals surface area contributed by atoms with Gasteiger partial charge >= 0.3 is 6.09 Å². The zero-order valence-electron chi connectivity index (χ0n) is 18.4. The molecule has 3 rings (SSSR count). The minimum absolute atomic E-state index is 0.0877. The molecule has 1 N–H and O–H groups in total. The zero-order chi connectivity index (χ0) is 22.4. The molecular weight excluding hydrogens is 394 g/mol. The lowest BCUT2D eigenvalue weighted by Crippen LogP contribution is -2.38. The average Bonchev–Trinajstić information content (AvgIpc) is 3.15. The molecule has 0 saturated carbocycles. The first kappa shape index (κ1) is 22.5. The number of methoxy groups -OCH3 is 2. The maximum absolute atomic E-state index is 12.1. The highest BCUT2D eigenvalue weighted by molar-refractivity contribution is 5.68. The third-order valence-electron chi connectivity index (χ3n) is 6.01. The Hall–Kier alpha value is -3.17. The van der Waals surface area contributed by atoms with E-state index in [-0.39, 0.29) is 12.5 Å². The Bertz CT molecular complexity index is 963. The summed E-state index contributed by atoms with van der Waals surface area (Å²) in [5.41, 5.74) is 1.36. The van der Waals surface area contributed by atoms with Gasteiger partial charge in [0.05, 0.1) is 20.3 Å². The molecule has 1 aliphatic rings. The monoisotopic (exact) mass is 423 g/mol. The van der Waals surface area contributed by atoms with Gasteiger partial charge in [-0.15, -0.1) is 0 Å². The van der Waals surface area contributed by atoms with Crippen LogP contribution >= 0.6 is 0 Å². The summed E-state index contributed by atoms with van der Waals surface area (Å²) in [5, 5.41) is 10.5. The normalized spacial score (nSPS) is 21.1. The van der Waals surface area contributed by atoms with Crippen molar-refractivity contribution in [1.82, 2.24) is 4.90 Å². The number of aliphatic hydroxyl groups excluding tert-OH is 1. The van der Waals surface area contributed by atoms with Crippen LogP contribution in [0.4, 0.5) is 4.79 Å². The molecule has 1 saturated heterocycles. The van der Waals surface area contributed by atoms with Gasteiger partial charge in [0.25, 0.3) is 0 Å². The van der Waals surface area contributed by atoms with Crippen LogP contribution in [0.1, 0.15) is 30.9 Å². The van der Waals surface area contributed by atoms with E-state index >= 15 is 0 Å². The molecule has 6 heteroatoms. The van der Waals surface area contributed by atoms with Gasteiger partial charge in [0, 0.05) is 30.0 Å². The van der Waals surface area contributed by atoms with Crippen molar-refractivity contribution < 1.29 is 24.1 Å². The van der Waals surface area contributed by atoms with E-state index in [4.69, 9.17) is 14.2 Å². The molecule has 31 heavy (non-hydrogen) atoms. The van der Waals surface area contributed by atoms with E-state index < -0.39 is 17.6 Å². The number of carbonyl (C=O) groups excluding carboxylic acids is 1. The van der Waals surface area contributed by atoms with Crippen molar-refractivity contribution in [3.8, 4) is 23.3 Å². The molecule has 1 aliphatic heterocycles. The minimum atomic E-state index is -0.615. The van der Waals surface area contributed by atoms with Crippen LogP contribution in [0.15, 0.2) is 48.5 Å². The van der Waals surface area contributed by atoms with E-state index in [0.29, 0.717) is 24.6 Å². The summed E-state index contributed by atoms with van der Waals surface area (Å²) in [6, 6.07) is 15.4. The van der Waals surface area contributed by atoms with Crippen molar-refractivity contribution in [2.75, 3.05) is 33.9 Å². The van der Waals surface area contributed by atoms with Gasteiger partial charge in [0.1, 0.15) is 6.61 Å². The van der Waals surface area contributed by atoms with Crippen molar-refractivity contribution >= 4 is 6.09 Å². The van der Waals surface area contributed by atoms with Crippen LogP contribution in [-0.4, -0.2) is 56.1 Å². The second kappa shape index (κ2) is 9.76. The van der Waals surface area contributed by atoms with Crippen molar-refractivity contribution in [3.05, 3.63) is 59.7 Å². The van der Waals surface area contributed by atoms with Crippen LogP contribution in [-0.2, 0) is 4.74 Å². The number of ether oxygens (including phenoxy) is 3. The van der Waals surface area contributed by atoms with Crippen LogP contribution in [0.5, 0.6) is 11.5 Å². The number of hydrogen-bond donors (Lipinski definition) is 1. The zero-order valence-corrected chi connectivity index (χ0v) is 18.4. The molecule has 1 heterocycles. The number of aliphatic hydroxyl groups is 1. The summed E-state index contributed by atoms with van der Waals surface area (Å²) < 4.78 is 16.3. The second-order valence-corrected chi connectivity index (χ2v) is 7.95. The van der Waals surface area contributed by atoms with E-state index in [2.05, 4.69) is 11.8 Å². The summed E-state index contributed by atoms with van der Waals surface area (Å²) in [6.45, 7) is 4.82. The molecule has 0 radical (unpaired) electrons. The molecule has 0 bridgehead atoms. The Morgan fingerprint density at radius 3 is 2.61 bits per heavy atom. The fraction of sp³-hybridized carbons (Fsp3) is 0.400. The maximum atomic E-state index is 12.1. The van der Waals surface area contributed by atoms with E-state index in [9.17, 15) is 9.90 Å². The van der Waals surface area contributed by atoms with Crippen LogP contribution in [0.2, 0.25) is 0 Å². The van der Waals surface area contributed by atoms with E-state index in [1.54, 1.807) is 18.9 Å². The van der Waals surface area contributed by atoms with Crippen molar-refractivity contribution in [3.63, 3.8) is 0 Å². The number of hydrogen-bond acceptors (Lipinski definition) is 5. The van der Waals surface area contributed by atoms with Crippen molar-refractivity contribution in [1.29, 1.82) is 0 Å². The third-order valence-corrected chi connectivity index (χ3v) is 6.01. The molecule has 0 spiro atoms. The van der Waals surface area contributed by atoms with Crippen molar-refractivity contribution in [2.24, 2.45) is 5.41 Å². The van der Waals surface area contributed by atoms with E-state index in [0.717, 1.165) is 11.1 Å². The Balaban J connectivity index is 1.83. The van der Waals surface area contributed by atoms with Crippen molar-refractivity contribution in [2.45, 2.75) is 25.9 Å². The van der Waals surface area contributed by atoms with E-state index in [1.165, 1.54) is 7.11 Å². The second-order valence-electron chi connectivity index (χ2n) is 7.95. The highest BCUT2D eigenvalue weighted by Crippen LogP contribution is 2.46. The molecule has 2 aromatic rings. The summed E-state index contributed by atoms with van der Waals surface area (Å²) in [7, 11) is 2.96. The topological polar surface area (TPSA) is 68.2 Å². The molecule has 1 amide bonds. The minimum Gasteiger partial charge on any atom is -0.493 e. The molecule has 2 aromatic carbocycles. The van der Waals surface area contributed by atoms with Gasteiger partial charge in [-0.1, -0.05) is 43.0 Å². The van der Waals surface area contributed by atoms with Gasteiger partial charge in [-0.2, -0.15) is 0 Å². The third kappa shape index (κ3) is 4.95. The van der Waals surface area contributed by atoms with Crippen LogP contribution in [0.25, 0.3) is 0 Å². The fourth-order valence-electron chi connectivity index (χ4n) is 3.99. The Morgan fingerprint density at radius 2 is 1.97 bits per heavy atom. The van der Waals surface area contributed by atoms with Gasteiger partial charge in [-0.25, -0.2) is 4.79 Å². The first-order valence-corrected chi connectivity index (χ1v) is 10.2. The number of likely N-dealkylation sites (tertiary alicyclic amines) is 1. The average molecular weight is 424 g/mol. The molecular formula is C25H29NO5. The number of amides is 1. The number of carbonyl (C=O) groups is 1. The standard InChI is InChI=1S/C25H29NO5/c1-18(27)25(2)17-26(24(28)30-4)16-21(25)20-12-13-22(29-3)23(15-20)31-14-8-11-19-9-6-5-7-10-19/h5-7,9-10,12-13,15,18,21,27H,14,16-17H2,1-4H3/t18-,21-,25-/m1/s1. The lowest BCUT2D eigenvalue weighted by atomic mass is 9.72. The Morgan fingerprint density at radius 1 is 1.23 bits per heavy atom. The summed E-state index contributed by atoms with van der Waals surface area (Å²) >= 11 is 0. The summed E-state index contributed by atoms with van der Waals surface area (Å²) in [4.78, 5) is 13.8. The molecule has 0 aromatic heterocycles. The molecule has 0 aliphatic carbocycles. The predicted octanol–water partition coefficient (Wildman–Crippen LogP) is 3.68. The highest BCUT2D eigenvalue weighted by atomic mass is 16.5. The van der Waals surface area contributed by atoms with Gasteiger partial charge in [0.15, 0.2) is 11.5 Å². The lowest BCUT2D eigenvalue weighted by molar-refractivity contribution is 0.0470. The largest absolute Gasteiger partial charge is 0.493 e.